The molecule has 0 spiro atoms. The van der Waals surface area contributed by atoms with Crippen LogP contribution in [0.25, 0.3) is 0 Å². The van der Waals surface area contributed by atoms with E-state index in [9.17, 15) is 26.7 Å². The van der Waals surface area contributed by atoms with Crippen molar-refractivity contribution in [1.82, 2.24) is 18.8 Å². The van der Waals surface area contributed by atoms with Crippen LogP contribution in [0.1, 0.15) is 26.3 Å². The maximum Gasteiger partial charge on any atom is 0.243 e. The highest BCUT2D eigenvalue weighted by Crippen LogP contribution is 2.26. The van der Waals surface area contributed by atoms with Gasteiger partial charge in [-0.1, -0.05) is 51.1 Å². The molecule has 1 fully saturated rings. The van der Waals surface area contributed by atoms with Crippen molar-refractivity contribution in [2.24, 2.45) is 11.8 Å². The van der Waals surface area contributed by atoms with Gasteiger partial charge in [-0.05, 0) is 49.2 Å². The molecule has 1 aliphatic rings. The number of nitrogens with one attached hydrogen (secondary N) is 1. The van der Waals surface area contributed by atoms with Crippen molar-refractivity contribution in [2.45, 2.75) is 44.2 Å². The third-order valence-electron chi connectivity index (χ3n) is 7.56. The van der Waals surface area contributed by atoms with E-state index in [1.54, 1.807) is 12.1 Å². The lowest BCUT2D eigenvalue weighted by Gasteiger charge is -2.35. The van der Waals surface area contributed by atoms with Crippen LogP contribution in [0, 0.1) is 11.8 Å². The molecule has 0 saturated carbocycles. The van der Waals surface area contributed by atoms with E-state index in [0.717, 1.165) is 5.56 Å². The van der Waals surface area contributed by atoms with Crippen LogP contribution >= 0.6 is 0 Å². The average Bonchev–Trinajstić information content (AvgIpc) is 2.97. The number of sulfonamides is 2. The van der Waals surface area contributed by atoms with E-state index in [1.807, 2.05) is 56.1 Å². The number of hydrogen-bond donors (Lipinski definition) is 2. The molecule has 43 heavy (non-hydrogen) atoms. The lowest BCUT2D eigenvalue weighted by atomic mass is 10.00. The molecule has 1 saturated heterocycles. The average molecular weight is 639 g/mol. The number of benzene rings is 2. The van der Waals surface area contributed by atoms with Crippen LogP contribution in [0.5, 0.6) is 5.75 Å². The molecule has 0 aromatic heterocycles. The van der Waals surface area contributed by atoms with Crippen LogP contribution < -0.4 is 10.1 Å². The van der Waals surface area contributed by atoms with E-state index in [0.29, 0.717) is 31.9 Å². The van der Waals surface area contributed by atoms with Crippen LogP contribution in [0.15, 0.2) is 59.5 Å². The third-order valence-corrected chi connectivity index (χ3v) is 11.5. The van der Waals surface area contributed by atoms with Gasteiger partial charge in [0.15, 0.2) is 0 Å². The highest BCUT2D eigenvalue weighted by molar-refractivity contribution is 7.89. The van der Waals surface area contributed by atoms with Crippen molar-refractivity contribution in [1.29, 1.82) is 0 Å². The first-order chi connectivity index (χ1) is 20.2. The number of likely N-dealkylation sites (N-methyl/N-ethyl adjacent to an activating group) is 1. The molecule has 1 unspecified atom stereocenters. The van der Waals surface area contributed by atoms with E-state index < -0.39 is 44.0 Å². The van der Waals surface area contributed by atoms with Gasteiger partial charge < -0.3 is 20.1 Å². The fraction of sp³-hybridized carbons (Fsp3) is 0.567. The van der Waals surface area contributed by atoms with Crippen molar-refractivity contribution < 1.29 is 31.5 Å². The standard InChI is InChI=1S/C30H46N4O7S2/c1-23(2)21-34(43(39,40)27-13-11-26(41-5)12-14-27)28(19-25-9-7-6-8-10-25)29(35)20-31-30(36)24(3)22-42(37,38)33-17-15-32(4)16-18-33/h6-14,23-24,28-29,35H,15-22H2,1-5H3,(H,31,36)/t24-,28?,29+/m0/s1. The Balaban J connectivity index is 1.81. The van der Waals surface area contributed by atoms with Crippen molar-refractivity contribution in [2.75, 3.05) is 59.2 Å². The van der Waals surface area contributed by atoms with Crippen LogP contribution in [-0.2, 0) is 31.3 Å². The van der Waals surface area contributed by atoms with Crippen LogP contribution in [0.2, 0.25) is 0 Å². The molecule has 2 N–H and O–H groups in total. The zero-order valence-electron chi connectivity index (χ0n) is 25.7. The van der Waals surface area contributed by atoms with E-state index in [1.165, 1.54) is 34.8 Å². The second-order valence-electron chi connectivity index (χ2n) is 11.6. The molecule has 2 aromatic rings. The predicted molar refractivity (Wildman–Crippen MR) is 167 cm³/mol. The van der Waals surface area contributed by atoms with Gasteiger partial charge in [-0.3, -0.25) is 4.79 Å². The number of aliphatic hydroxyl groups excluding tert-OH is 1. The summed E-state index contributed by atoms with van der Waals surface area (Å²) < 4.78 is 61.7. The number of carbonyl (C=O) groups is 1. The Labute approximate surface area is 256 Å². The van der Waals surface area contributed by atoms with Gasteiger partial charge in [0.25, 0.3) is 0 Å². The van der Waals surface area contributed by atoms with Gasteiger partial charge in [0, 0.05) is 39.3 Å². The van der Waals surface area contributed by atoms with E-state index in [4.69, 9.17) is 4.74 Å². The quantitative estimate of drug-likeness (QED) is 0.301. The van der Waals surface area contributed by atoms with Gasteiger partial charge in [-0.25, -0.2) is 16.8 Å². The fourth-order valence-corrected chi connectivity index (χ4v) is 8.55. The minimum absolute atomic E-state index is 0.0611. The molecular weight excluding hydrogens is 592 g/mol. The van der Waals surface area contributed by atoms with Crippen molar-refractivity contribution in [3.8, 4) is 5.75 Å². The van der Waals surface area contributed by atoms with E-state index in [-0.39, 0.29) is 36.1 Å². The molecule has 240 valence electrons. The lowest BCUT2D eigenvalue weighted by molar-refractivity contribution is -0.124. The zero-order valence-corrected chi connectivity index (χ0v) is 27.4. The Morgan fingerprint density at radius 2 is 1.58 bits per heavy atom. The maximum atomic E-state index is 14.0. The molecule has 3 atom stereocenters. The van der Waals surface area contributed by atoms with Crippen molar-refractivity contribution in [3.05, 3.63) is 60.2 Å². The molecule has 2 aromatic carbocycles. The Bertz CT molecular complexity index is 1380. The van der Waals surface area contributed by atoms with Gasteiger partial charge >= 0.3 is 0 Å². The van der Waals surface area contributed by atoms with Gasteiger partial charge in [-0.15, -0.1) is 0 Å². The predicted octanol–water partition coefficient (Wildman–Crippen LogP) is 1.64. The third kappa shape index (κ3) is 9.72. The number of carbonyl (C=O) groups excluding carboxylic acids is 1. The van der Waals surface area contributed by atoms with Crippen LogP contribution in [-0.4, -0.2) is 113 Å². The number of aliphatic hydroxyl groups is 1. The summed E-state index contributed by atoms with van der Waals surface area (Å²) in [6.45, 7) is 7.22. The SMILES string of the molecule is COc1ccc(S(=O)(=O)N(CC(C)C)C(Cc2ccccc2)[C@H](O)CNC(=O)[C@@H](C)CS(=O)(=O)N2CCN(C)CC2)cc1. The number of hydrogen-bond acceptors (Lipinski definition) is 8. The summed E-state index contributed by atoms with van der Waals surface area (Å²) in [6.07, 6.45) is -1.08. The van der Waals surface area contributed by atoms with E-state index in [2.05, 4.69) is 5.32 Å². The summed E-state index contributed by atoms with van der Waals surface area (Å²) in [5, 5.41) is 14.1. The first-order valence-corrected chi connectivity index (χ1v) is 17.6. The molecule has 1 aliphatic heterocycles. The normalized spacial score (nSPS) is 17.5. The van der Waals surface area contributed by atoms with Gasteiger partial charge in [0.2, 0.25) is 26.0 Å². The van der Waals surface area contributed by atoms with Gasteiger partial charge in [-0.2, -0.15) is 8.61 Å². The van der Waals surface area contributed by atoms with Crippen molar-refractivity contribution >= 4 is 26.0 Å². The smallest absolute Gasteiger partial charge is 0.243 e. The first kappa shape index (κ1) is 34.9. The Hall–Kier alpha value is -2.55. The second-order valence-corrected chi connectivity index (χ2v) is 15.5. The molecular formula is C30H46N4O7S2. The molecule has 1 heterocycles. The number of amides is 1. The van der Waals surface area contributed by atoms with Crippen LogP contribution in [0.4, 0.5) is 0 Å². The summed E-state index contributed by atoms with van der Waals surface area (Å²) in [7, 11) is -4.28. The highest BCUT2D eigenvalue weighted by Gasteiger charge is 2.37. The molecule has 0 bridgehead atoms. The molecule has 13 heteroatoms. The van der Waals surface area contributed by atoms with Gasteiger partial charge in [0.1, 0.15) is 5.75 Å². The minimum Gasteiger partial charge on any atom is -0.497 e. The Morgan fingerprint density at radius 1 is 0.977 bits per heavy atom. The summed E-state index contributed by atoms with van der Waals surface area (Å²) in [6, 6.07) is 14.4. The second kappa shape index (κ2) is 15.4. The number of piperazine rings is 1. The Kier molecular flexibility index (Phi) is 12.5. The summed E-state index contributed by atoms with van der Waals surface area (Å²) in [4.78, 5) is 15.1. The number of nitrogens with zero attached hydrogens (tertiary/aromatic N) is 3. The minimum atomic E-state index is -4.06. The zero-order chi connectivity index (χ0) is 31.8. The maximum absolute atomic E-state index is 14.0. The monoisotopic (exact) mass is 638 g/mol. The largest absolute Gasteiger partial charge is 0.497 e. The highest BCUT2D eigenvalue weighted by atomic mass is 32.2. The van der Waals surface area contributed by atoms with Crippen LogP contribution in [0.3, 0.4) is 0 Å². The first-order valence-electron chi connectivity index (χ1n) is 14.6. The number of methoxy groups -OCH3 is 1. The summed E-state index contributed by atoms with van der Waals surface area (Å²) in [5.74, 6) is -1.28. The summed E-state index contributed by atoms with van der Waals surface area (Å²) >= 11 is 0. The lowest BCUT2D eigenvalue weighted by Crippen LogP contribution is -2.53. The number of ether oxygens (including phenoxy) is 1. The molecule has 1 amide bonds. The Morgan fingerprint density at radius 3 is 2.14 bits per heavy atom. The molecule has 0 radical (unpaired) electrons. The molecule has 3 rings (SSSR count). The topological polar surface area (TPSA) is 137 Å². The van der Waals surface area contributed by atoms with Gasteiger partial charge in [0.05, 0.1) is 35.8 Å². The fourth-order valence-electron chi connectivity index (χ4n) is 5.02. The molecule has 11 nitrogen and oxygen atoms in total. The van der Waals surface area contributed by atoms with Crippen molar-refractivity contribution in [3.63, 3.8) is 0 Å². The van der Waals surface area contributed by atoms with E-state index >= 15 is 0 Å². The molecule has 0 aliphatic carbocycles. The summed E-state index contributed by atoms with van der Waals surface area (Å²) in [5.41, 5.74) is 0.822. The number of rotatable bonds is 15.